The second-order valence-electron chi connectivity index (χ2n) is 7.53. The summed E-state index contributed by atoms with van der Waals surface area (Å²) in [5, 5.41) is 3.38. The third-order valence-corrected chi connectivity index (χ3v) is 5.72. The highest BCUT2D eigenvalue weighted by Gasteiger charge is 2.14. The Morgan fingerprint density at radius 1 is 1.03 bits per heavy atom. The largest absolute Gasteiger partial charge is 0.494 e. The van der Waals surface area contributed by atoms with Crippen LogP contribution in [0.4, 0.5) is 0 Å². The van der Waals surface area contributed by atoms with Crippen molar-refractivity contribution in [1.82, 2.24) is 14.9 Å². The number of carbonyl (C=O) groups is 1. The molecule has 164 valence electrons. The van der Waals surface area contributed by atoms with Gasteiger partial charge in [-0.3, -0.25) is 4.79 Å². The zero-order valence-electron chi connectivity index (χ0n) is 18.1. The first-order valence-electron chi connectivity index (χ1n) is 10.8. The number of halogens is 1. The fourth-order valence-corrected chi connectivity index (χ4v) is 3.87. The summed E-state index contributed by atoms with van der Waals surface area (Å²) in [4.78, 5) is 17.3. The maximum Gasteiger partial charge on any atom is 0.253 e. The summed E-state index contributed by atoms with van der Waals surface area (Å²) in [6.07, 6.45) is 1.84. The zero-order valence-corrected chi connectivity index (χ0v) is 18.8. The first kappa shape index (κ1) is 21.9. The van der Waals surface area contributed by atoms with Crippen LogP contribution in [0.15, 0.2) is 72.8 Å². The minimum atomic E-state index is -0.215. The summed E-state index contributed by atoms with van der Waals surface area (Å²) in [7, 11) is 0. The lowest BCUT2D eigenvalue weighted by molar-refractivity contribution is 0.0949. The number of aromatic nitrogens is 2. The van der Waals surface area contributed by atoms with E-state index in [1.807, 2.05) is 36.4 Å². The van der Waals surface area contributed by atoms with Crippen molar-refractivity contribution in [2.24, 2.45) is 0 Å². The number of nitrogens with zero attached hydrogens (tertiary/aromatic N) is 2. The molecule has 1 aromatic heterocycles. The lowest BCUT2D eigenvalue weighted by Crippen LogP contribution is -2.25. The van der Waals surface area contributed by atoms with Crippen molar-refractivity contribution in [3.05, 3.63) is 94.8 Å². The van der Waals surface area contributed by atoms with E-state index in [0.29, 0.717) is 23.7 Å². The van der Waals surface area contributed by atoms with Gasteiger partial charge in [-0.05, 0) is 54.8 Å². The molecule has 6 heteroatoms. The molecule has 0 saturated carbocycles. The van der Waals surface area contributed by atoms with E-state index in [0.717, 1.165) is 42.0 Å². The van der Waals surface area contributed by atoms with Gasteiger partial charge in [-0.25, -0.2) is 4.98 Å². The highest BCUT2D eigenvalue weighted by atomic mass is 35.5. The number of benzene rings is 3. The molecule has 1 heterocycles. The van der Waals surface area contributed by atoms with Gasteiger partial charge in [0.15, 0.2) is 0 Å². The molecule has 0 spiro atoms. The molecule has 0 aliphatic rings. The Hall–Kier alpha value is -3.31. The van der Waals surface area contributed by atoms with Crippen LogP contribution in [0.25, 0.3) is 11.0 Å². The van der Waals surface area contributed by atoms with Crippen molar-refractivity contribution in [2.45, 2.75) is 32.9 Å². The number of para-hydroxylation sites is 2. The predicted molar refractivity (Wildman–Crippen MR) is 128 cm³/mol. The van der Waals surface area contributed by atoms with Crippen LogP contribution in [-0.4, -0.2) is 22.1 Å². The summed E-state index contributed by atoms with van der Waals surface area (Å²) in [5.74, 6) is 1.47. The third-order valence-electron chi connectivity index (χ3n) is 5.39. The van der Waals surface area contributed by atoms with Gasteiger partial charge in [0.05, 0.1) is 34.8 Å². The number of ether oxygens (including phenoxy) is 1. The van der Waals surface area contributed by atoms with Crippen LogP contribution in [0.1, 0.15) is 35.1 Å². The SMILES string of the molecule is CCc1ccc(OCCCn2c(CNC(=O)c3ccccc3Cl)nc3ccccc32)cc1. The number of carbonyl (C=O) groups excluding carboxylic acids is 1. The maximum atomic E-state index is 12.6. The predicted octanol–water partition coefficient (Wildman–Crippen LogP) is 5.65. The molecule has 0 fully saturated rings. The summed E-state index contributed by atoms with van der Waals surface area (Å²) >= 11 is 6.15. The van der Waals surface area contributed by atoms with E-state index in [2.05, 4.69) is 28.9 Å². The van der Waals surface area contributed by atoms with Gasteiger partial charge in [0.1, 0.15) is 11.6 Å². The summed E-state index contributed by atoms with van der Waals surface area (Å²) in [6, 6.07) is 23.2. The smallest absolute Gasteiger partial charge is 0.253 e. The molecule has 4 aromatic rings. The van der Waals surface area contributed by atoms with E-state index in [9.17, 15) is 4.79 Å². The molecule has 0 radical (unpaired) electrons. The van der Waals surface area contributed by atoms with Crippen LogP contribution in [0.5, 0.6) is 5.75 Å². The highest BCUT2D eigenvalue weighted by Crippen LogP contribution is 2.19. The number of hydrogen-bond donors (Lipinski definition) is 1. The topological polar surface area (TPSA) is 56.1 Å². The first-order valence-corrected chi connectivity index (χ1v) is 11.2. The molecule has 1 N–H and O–H groups in total. The van der Waals surface area contributed by atoms with Crippen LogP contribution in [0, 0.1) is 0 Å². The van der Waals surface area contributed by atoms with E-state index in [1.165, 1.54) is 5.56 Å². The molecule has 0 unspecified atom stereocenters. The van der Waals surface area contributed by atoms with Gasteiger partial charge < -0.3 is 14.6 Å². The van der Waals surface area contributed by atoms with Gasteiger partial charge in [0.2, 0.25) is 0 Å². The van der Waals surface area contributed by atoms with Gasteiger partial charge in [0.25, 0.3) is 5.91 Å². The van der Waals surface area contributed by atoms with E-state index in [-0.39, 0.29) is 5.91 Å². The Balaban J connectivity index is 1.41. The number of aryl methyl sites for hydroxylation is 2. The Kier molecular flexibility index (Phi) is 7.07. The Morgan fingerprint density at radius 3 is 2.56 bits per heavy atom. The van der Waals surface area contributed by atoms with E-state index in [4.69, 9.17) is 21.3 Å². The van der Waals surface area contributed by atoms with Gasteiger partial charge in [-0.1, -0.05) is 54.9 Å². The third kappa shape index (κ3) is 5.11. The standard InChI is InChI=1S/C26H26ClN3O2/c1-2-19-12-14-20(15-13-19)32-17-7-16-30-24-11-6-5-10-23(24)29-25(30)18-28-26(31)21-8-3-4-9-22(21)27/h3-6,8-15H,2,7,16-18H2,1H3,(H,28,31). The lowest BCUT2D eigenvalue weighted by Gasteiger charge is -2.12. The van der Waals surface area contributed by atoms with Crippen LogP contribution >= 0.6 is 11.6 Å². The number of nitrogens with one attached hydrogen (secondary N) is 1. The minimum absolute atomic E-state index is 0.215. The van der Waals surface area contributed by atoms with Crippen LogP contribution in [0.3, 0.4) is 0 Å². The second-order valence-corrected chi connectivity index (χ2v) is 7.94. The Bertz CT molecular complexity index is 1200. The van der Waals surface area contributed by atoms with Gasteiger partial charge in [0, 0.05) is 6.54 Å². The van der Waals surface area contributed by atoms with Crippen molar-refractivity contribution in [2.75, 3.05) is 6.61 Å². The van der Waals surface area contributed by atoms with E-state index in [1.54, 1.807) is 24.3 Å². The van der Waals surface area contributed by atoms with Crippen molar-refractivity contribution in [3.63, 3.8) is 0 Å². The van der Waals surface area contributed by atoms with Crippen molar-refractivity contribution in [3.8, 4) is 5.75 Å². The Labute approximate surface area is 193 Å². The number of rotatable bonds is 9. The number of hydrogen-bond acceptors (Lipinski definition) is 3. The average Bonchev–Trinajstić information content (AvgIpc) is 3.18. The molecule has 3 aromatic carbocycles. The maximum absolute atomic E-state index is 12.6. The number of imidazole rings is 1. The lowest BCUT2D eigenvalue weighted by atomic mass is 10.2. The number of fused-ring (bicyclic) bond motifs is 1. The normalized spacial score (nSPS) is 10.9. The fourth-order valence-electron chi connectivity index (χ4n) is 3.64. The van der Waals surface area contributed by atoms with Crippen molar-refractivity contribution < 1.29 is 9.53 Å². The monoisotopic (exact) mass is 447 g/mol. The molecule has 5 nitrogen and oxygen atoms in total. The first-order chi connectivity index (χ1) is 15.7. The molecule has 4 rings (SSSR count). The molecular weight excluding hydrogens is 422 g/mol. The highest BCUT2D eigenvalue weighted by molar-refractivity contribution is 6.33. The second kappa shape index (κ2) is 10.3. The summed E-state index contributed by atoms with van der Waals surface area (Å²) in [5.41, 5.74) is 3.71. The van der Waals surface area contributed by atoms with Crippen LogP contribution < -0.4 is 10.1 Å². The average molecular weight is 448 g/mol. The Morgan fingerprint density at radius 2 is 1.78 bits per heavy atom. The summed E-state index contributed by atoms with van der Waals surface area (Å²) in [6.45, 7) is 3.80. The molecule has 32 heavy (non-hydrogen) atoms. The molecule has 0 atom stereocenters. The van der Waals surface area contributed by atoms with Crippen LogP contribution in [-0.2, 0) is 19.5 Å². The van der Waals surface area contributed by atoms with Crippen molar-refractivity contribution >= 4 is 28.5 Å². The molecule has 0 aliphatic heterocycles. The zero-order chi connectivity index (χ0) is 22.3. The molecule has 0 aliphatic carbocycles. The van der Waals surface area contributed by atoms with E-state index >= 15 is 0 Å². The van der Waals surface area contributed by atoms with Gasteiger partial charge in [-0.2, -0.15) is 0 Å². The minimum Gasteiger partial charge on any atom is -0.494 e. The fraction of sp³-hybridized carbons (Fsp3) is 0.231. The van der Waals surface area contributed by atoms with Crippen LogP contribution in [0.2, 0.25) is 5.02 Å². The summed E-state index contributed by atoms with van der Waals surface area (Å²) < 4.78 is 8.05. The van der Waals surface area contributed by atoms with Crippen molar-refractivity contribution in [1.29, 1.82) is 0 Å². The molecule has 0 saturated heterocycles. The molecule has 0 bridgehead atoms. The quantitative estimate of drug-likeness (QED) is 0.337. The molecular formula is C26H26ClN3O2. The van der Waals surface area contributed by atoms with Gasteiger partial charge >= 0.3 is 0 Å². The van der Waals surface area contributed by atoms with E-state index < -0.39 is 0 Å². The molecule has 1 amide bonds. The number of amides is 1. The van der Waals surface area contributed by atoms with Gasteiger partial charge in [-0.15, -0.1) is 0 Å².